The van der Waals surface area contributed by atoms with Crippen LogP contribution in [0.4, 0.5) is 13.2 Å². The third kappa shape index (κ3) is 4.02. The Morgan fingerprint density at radius 3 is 2.61 bits per heavy atom. The minimum absolute atomic E-state index is 0.0748. The molecule has 0 radical (unpaired) electrons. The highest BCUT2D eigenvalue weighted by Gasteiger charge is 2.30. The zero-order chi connectivity index (χ0) is 20.3. The molecule has 0 aliphatic heterocycles. The zero-order valence-corrected chi connectivity index (χ0v) is 14.9. The van der Waals surface area contributed by atoms with E-state index in [0.29, 0.717) is 24.2 Å². The van der Waals surface area contributed by atoms with Crippen molar-refractivity contribution in [1.29, 1.82) is 0 Å². The van der Waals surface area contributed by atoms with Gasteiger partial charge in [-0.1, -0.05) is 0 Å². The summed E-state index contributed by atoms with van der Waals surface area (Å²) in [6.07, 6.45) is -2.08. The highest BCUT2D eigenvalue weighted by Crippen LogP contribution is 2.30. The van der Waals surface area contributed by atoms with E-state index in [4.69, 9.17) is 9.84 Å². The number of halogens is 3. The summed E-state index contributed by atoms with van der Waals surface area (Å²) in [7, 11) is 1.52. The van der Waals surface area contributed by atoms with Crippen LogP contribution in [0.5, 0.6) is 0 Å². The average Bonchev–Trinajstić information content (AvgIpc) is 2.68. The topological polar surface area (TPSA) is 90.1 Å². The lowest BCUT2D eigenvalue weighted by Crippen LogP contribution is -2.23. The first-order valence-electron chi connectivity index (χ1n) is 8.37. The van der Waals surface area contributed by atoms with Crippen molar-refractivity contribution >= 4 is 10.9 Å². The highest BCUT2D eigenvalue weighted by molar-refractivity contribution is 5.83. The largest absolute Gasteiger partial charge is 0.417 e. The second kappa shape index (κ2) is 8.03. The molecule has 3 aromatic rings. The van der Waals surface area contributed by atoms with E-state index in [2.05, 4.69) is 15.0 Å². The van der Waals surface area contributed by atoms with Crippen LogP contribution in [-0.4, -0.2) is 44.9 Å². The molecule has 7 nitrogen and oxygen atoms in total. The molecule has 0 fully saturated rings. The predicted octanol–water partition coefficient (Wildman–Crippen LogP) is 2.05. The third-order valence-electron chi connectivity index (χ3n) is 4.12. The van der Waals surface area contributed by atoms with Crippen LogP contribution in [0, 0.1) is 0 Å². The summed E-state index contributed by atoms with van der Waals surface area (Å²) in [6, 6.07) is 3.57. The second-order valence-corrected chi connectivity index (χ2v) is 5.99. The van der Waals surface area contributed by atoms with Crippen LogP contribution in [0.2, 0.25) is 0 Å². The van der Waals surface area contributed by atoms with Gasteiger partial charge in [0, 0.05) is 19.7 Å². The van der Waals surface area contributed by atoms with Gasteiger partial charge in [-0.2, -0.15) is 13.2 Å². The molecule has 0 aromatic carbocycles. The van der Waals surface area contributed by atoms with Crippen LogP contribution < -0.4 is 5.56 Å². The SMILES string of the molecule is COCCc1nc(-c2ccc(C(F)(F)F)cn2)cc2c(=O)n(CCO)cnc12. The maximum absolute atomic E-state index is 12.8. The van der Waals surface area contributed by atoms with Crippen molar-refractivity contribution in [1.82, 2.24) is 19.5 Å². The number of nitrogens with zero attached hydrogens (tertiary/aromatic N) is 4. The molecule has 3 rings (SSSR count). The quantitative estimate of drug-likeness (QED) is 0.688. The number of rotatable bonds is 6. The average molecular weight is 394 g/mol. The number of ether oxygens (including phenoxy) is 1. The Morgan fingerprint density at radius 2 is 2.00 bits per heavy atom. The van der Waals surface area contributed by atoms with Gasteiger partial charge in [0.25, 0.3) is 5.56 Å². The van der Waals surface area contributed by atoms with E-state index >= 15 is 0 Å². The van der Waals surface area contributed by atoms with E-state index in [1.165, 1.54) is 30.1 Å². The standard InChI is InChI=1S/C18H17F3N4O3/c1-28-7-4-14-16-12(17(27)25(5-6-26)10-23-16)8-15(24-14)13-3-2-11(9-22-13)18(19,20)21/h2-3,8-10,26H,4-7H2,1H3. The van der Waals surface area contributed by atoms with Crippen molar-refractivity contribution in [2.24, 2.45) is 0 Å². The van der Waals surface area contributed by atoms with E-state index in [1.807, 2.05) is 0 Å². The fourth-order valence-electron chi connectivity index (χ4n) is 2.72. The van der Waals surface area contributed by atoms with Crippen molar-refractivity contribution in [2.75, 3.05) is 20.3 Å². The smallest absolute Gasteiger partial charge is 0.395 e. The second-order valence-electron chi connectivity index (χ2n) is 5.99. The molecule has 1 N–H and O–H groups in total. The fourth-order valence-corrected chi connectivity index (χ4v) is 2.72. The molecule has 0 bridgehead atoms. The molecular formula is C18H17F3N4O3. The zero-order valence-electron chi connectivity index (χ0n) is 14.9. The van der Waals surface area contributed by atoms with Gasteiger partial charge in [0.2, 0.25) is 0 Å². The molecule has 0 saturated carbocycles. The molecule has 0 amide bonds. The normalized spacial score (nSPS) is 11.9. The van der Waals surface area contributed by atoms with Crippen LogP contribution in [0.25, 0.3) is 22.3 Å². The van der Waals surface area contributed by atoms with Crippen LogP contribution in [0.3, 0.4) is 0 Å². The van der Waals surface area contributed by atoms with Gasteiger partial charge in [-0.15, -0.1) is 0 Å². The lowest BCUT2D eigenvalue weighted by molar-refractivity contribution is -0.137. The van der Waals surface area contributed by atoms with Crippen molar-refractivity contribution in [3.8, 4) is 11.4 Å². The molecule has 28 heavy (non-hydrogen) atoms. The van der Waals surface area contributed by atoms with E-state index in [9.17, 15) is 18.0 Å². The Morgan fingerprint density at radius 1 is 1.21 bits per heavy atom. The lowest BCUT2D eigenvalue weighted by atomic mass is 10.1. The van der Waals surface area contributed by atoms with Crippen molar-refractivity contribution in [2.45, 2.75) is 19.1 Å². The summed E-state index contributed by atoms with van der Waals surface area (Å²) in [4.78, 5) is 25.2. The Balaban J connectivity index is 2.16. The Bertz CT molecular complexity index is 1030. The number of aromatic nitrogens is 4. The van der Waals surface area contributed by atoms with Crippen LogP contribution >= 0.6 is 0 Å². The fraction of sp³-hybridized carbons (Fsp3) is 0.333. The van der Waals surface area contributed by atoms with Crippen LogP contribution in [-0.2, 0) is 23.9 Å². The number of hydrogen-bond acceptors (Lipinski definition) is 6. The summed E-state index contributed by atoms with van der Waals surface area (Å²) >= 11 is 0. The number of pyridine rings is 2. The Hall–Kier alpha value is -2.85. The molecule has 0 spiro atoms. The summed E-state index contributed by atoms with van der Waals surface area (Å²) in [5.74, 6) is 0. The minimum Gasteiger partial charge on any atom is -0.395 e. The molecular weight excluding hydrogens is 377 g/mol. The number of methoxy groups -OCH3 is 1. The maximum atomic E-state index is 12.8. The third-order valence-corrected chi connectivity index (χ3v) is 4.12. The van der Waals surface area contributed by atoms with Gasteiger partial charge in [-0.25, -0.2) is 9.97 Å². The van der Waals surface area contributed by atoms with Gasteiger partial charge in [0.1, 0.15) is 0 Å². The number of fused-ring (bicyclic) bond motifs is 1. The van der Waals surface area contributed by atoms with E-state index in [0.717, 1.165) is 12.3 Å². The first-order chi connectivity index (χ1) is 13.3. The van der Waals surface area contributed by atoms with Crippen molar-refractivity contribution in [3.63, 3.8) is 0 Å². The molecule has 0 saturated heterocycles. The van der Waals surface area contributed by atoms with E-state index in [1.54, 1.807) is 0 Å². The van der Waals surface area contributed by atoms with Crippen molar-refractivity contribution in [3.05, 3.63) is 52.3 Å². The number of hydrogen-bond donors (Lipinski definition) is 1. The van der Waals surface area contributed by atoms with Crippen molar-refractivity contribution < 1.29 is 23.0 Å². The molecule has 3 aromatic heterocycles. The highest BCUT2D eigenvalue weighted by atomic mass is 19.4. The van der Waals surface area contributed by atoms with Gasteiger partial charge < -0.3 is 9.84 Å². The Kier molecular flexibility index (Phi) is 5.71. The van der Waals surface area contributed by atoms with Gasteiger partial charge >= 0.3 is 6.18 Å². The molecule has 0 atom stereocenters. The molecule has 0 aliphatic rings. The molecule has 10 heteroatoms. The lowest BCUT2D eigenvalue weighted by Gasteiger charge is -2.11. The van der Waals surface area contributed by atoms with Crippen LogP contribution in [0.15, 0.2) is 35.5 Å². The van der Waals surface area contributed by atoms with E-state index < -0.39 is 11.7 Å². The maximum Gasteiger partial charge on any atom is 0.417 e. The summed E-state index contributed by atoms with van der Waals surface area (Å²) in [5, 5.41) is 9.34. The number of aliphatic hydroxyl groups excluding tert-OH is 1. The predicted molar refractivity (Wildman–Crippen MR) is 94.7 cm³/mol. The molecule has 0 aliphatic carbocycles. The summed E-state index contributed by atoms with van der Waals surface area (Å²) in [6.45, 7) is 0.167. The number of alkyl halides is 3. The molecule has 148 valence electrons. The van der Waals surface area contributed by atoms with Crippen LogP contribution in [0.1, 0.15) is 11.3 Å². The van der Waals surface area contributed by atoms with Gasteiger partial charge in [0.15, 0.2) is 0 Å². The first-order valence-corrected chi connectivity index (χ1v) is 8.37. The Labute approximate surface area is 157 Å². The monoisotopic (exact) mass is 394 g/mol. The number of aliphatic hydroxyl groups is 1. The molecule has 0 unspecified atom stereocenters. The first kappa shape index (κ1) is 19.9. The molecule has 3 heterocycles. The van der Waals surface area contributed by atoms with Gasteiger partial charge in [0.05, 0.1) is 59.6 Å². The van der Waals surface area contributed by atoms with Gasteiger partial charge in [-0.3, -0.25) is 14.3 Å². The van der Waals surface area contributed by atoms with E-state index in [-0.39, 0.29) is 35.5 Å². The summed E-state index contributed by atoms with van der Waals surface area (Å²) < 4.78 is 44.6. The minimum atomic E-state index is -4.49. The summed E-state index contributed by atoms with van der Waals surface area (Å²) in [5.41, 5.74) is 0.0617. The van der Waals surface area contributed by atoms with Gasteiger partial charge in [-0.05, 0) is 18.2 Å².